The van der Waals surface area contributed by atoms with Crippen LogP contribution in [0.3, 0.4) is 0 Å². The van der Waals surface area contributed by atoms with Crippen LogP contribution in [0.5, 0.6) is 0 Å². The lowest BCUT2D eigenvalue weighted by atomic mass is 9.78. The minimum absolute atomic E-state index is 0.0132. The van der Waals surface area contributed by atoms with Crippen molar-refractivity contribution in [1.82, 2.24) is 40.6 Å². The zero-order valence-electron chi connectivity index (χ0n) is 20.3. The lowest BCUT2D eigenvalue weighted by Gasteiger charge is -2.47. The van der Waals surface area contributed by atoms with Gasteiger partial charge in [0.15, 0.2) is 5.82 Å². The molecule has 2 fully saturated rings. The van der Waals surface area contributed by atoms with E-state index in [1.165, 1.54) is 26.2 Å². The van der Waals surface area contributed by atoms with Crippen LogP contribution in [0.4, 0.5) is 0 Å². The Hall–Kier alpha value is -3.00. The first-order chi connectivity index (χ1) is 16.5. The van der Waals surface area contributed by atoms with Crippen molar-refractivity contribution in [2.24, 2.45) is 18.9 Å². The molecule has 2 saturated heterocycles. The fourth-order valence-corrected chi connectivity index (χ4v) is 6.58. The molecule has 6 atom stereocenters. The van der Waals surface area contributed by atoms with Crippen LogP contribution < -0.4 is 10.6 Å². The van der Waals surface area contributed by atoms with Gasteiger partial charge in [0.05, 0.1) is 24.4 Å². The van der Waals surface area contributed by atoms with Gasteiger partial charge in [-0.3, -0.25) is 14.4 Å². The van der Waals surface area contributed by atoms with Gasteiger partial charge in [-0.05, 0) is 23.8 Å². The van der Waals surface area contributed by atoms with Gasteiger partial charge in [0.2, 0.25) is 17.7 Å². The van der Waals surface area contributed by atoms with Crippen molar-refractivity contribution in [3.63, 3.8) is 0 Å². The van der Waals surface area contributed by atoms with Crippen molar-refractivity contribution in [1.29, 1.82) is 0 Å². The quantitative estimate of drug-likeness (QED) is 0.357. The van der Waals surface area contributed by atoms with E-state index >= 15 is 0 Å². The second kappa shape index (κ2) is 9.57. The number of fused-ring (bicyclic) bond motifs is 1. The number of carbonyl (C=O) groups is 4. The Balaban J connectivity index is 1.44. The molecule has 3 aliphatic heterocycles. The number of aliphatic carboxylic acids is 1. The molecule has 35 heavy (non-hydrogen) atoms. The molecule has 4 heterocycles. The molecular formula is C21H30N8O5S. The van der Waals surface area contributed by atoms with E-state index < -0.39 is 17.9 Å². The number of tetrazole rings is 1. The summed E-state index contributed by atoms with van der Waals surface area (Å²) in [5.41, 5.74) is 0.0137. The third-order valence-electron chi connectivity index (χ3n) is 6.87. The Bertz CT molecular complexity index is 1090. The zero-order chi connectivity index (χ0) is 25.6. The van der Waals surface area contributed by atoms with Gasteiger partial charge >= 0.3 is 5.97 Å². The number of aromatic nitrogens is 4. The number of nitrogens with zero attached hydrogens (tertiary/aromatic N) is 6. The van der Waals surface area contributed by atoms with E-state index in [0.717, 1.165) is 0 Å². The Kier molecular flexibility index (Phi) is 6.86. The molecule has 1 aromatic rings. The molecule has 1 unspecified atom stereocenters. The van der Waals surface area contributed by atoms with Crippen LogP contribution in [0.15, 0.2) is 10.6 Å². The zero-order valence-corrected chi connectivity index (χ0v) is 21.1. The largest absolute Gasteiger partial charge is 0.477 e. The van der Waals surface area contributed by atoms with Gasteiger partial charge < -0.3 is 25.5 Å². The predicted molar refractivity (Wildman–Crippen MR) is 125 cm³/mol. The van der Waals surface area contributed by atoms with Crippen molar-refractivity contribution in [2.45, 2.75) is 50.1 Å². The highest BCUT2D eigenvalue weighted by molar-refractivity contribution is 8.03. The predicted octanol–water partition coefficient (Wildman–Crippen LogP) is -1.42. The first-order valence-corrected chi connectivity index (χ1v) is 12.3. The number of carbonyl (C=O) groups excluding carboxylic acids is 3. The molecule has 0 radical (unpaired) electrons. The lowest BCUT2D eigenvalue weighted by molar-refractivity contribution is -0.158. The first kappa shape index (κ1) is 25.1. The third-order valence-corrected chi connectivity index (χ3v) is 8.38. The Morgan fingerprint density at radius 2 is 2.06 bits per heavy atom. The summed E-state index contributed by atoms with van der Waals surface area (Å²) in [6.07, 6.45) is 0.552. The summed E-state index contributed by atoms with van der Waals surface area (Å²) >= 11 is 1.43. The van der Waals surface area contributed by atoms with Gasteiger partial charge in [-0.25, -0.2) is 9.48 Å². The highest BCUT2D eigenvalue weighted by Gasteiger charge is 2.60. The van der Waals surface area contributed by atoms with E-state index in [-0.39, 0.29) is 53.1 Å². The fourth-order valence-electron chi connectivity index (χ4n) is 5.11. The number of likely N-dealkylation sites (N-methyl/N-ethyl adjacent to an activating group) is 1. The van der Waals surface area contributed by atoms with Crippen LogP contribution in [0, 0.1) is 11.8 Å². The number of rotatable bonds is 8. The summed E-state index contributed by atoms with van der Waals surface area (Å²) in [6, 6.07) is -1.15. The molecule has 0 aliphatic carbocycles. The van der Waals surface area contributed by atoms with Crippen LogP contribution in [0.2, 0.25) is 0 Å². The number of carboxylic acid groups (broad SMARTS) is 1. The Morgan fingerprint density at radius 1 is 1.34 bits per heavy atom. The number of thioether (sulfide) groups is 1. The maximum atomic E-state index is 13.1. The van der Waals surface area contributed by atoms with Gasteiger partial charge in [-0.1, -0.05) is 6.92 Å². The second-order valence-corrected chi connectivity index (χ2v) is 10.8. The van der Waals surface area contributed by atoms with E-state index in [9.17, 15) is 24.3 Å². The molecule has 3 amide bonds. The van der Waals surface area contributed by atoms with Gasteiger partial charge in [0, 0.05) is 49.8 Å². The fraction of sp³-hybridized carbons (Fsp3) is 0.667. The van der Waals surface area contributed by atoms with Crippen molar-refractivity contribution >= 4 is 35.5 Å². The number of carboxylic acids is 1. The van der Waals surface area contributed by atoms with Gasteiger partial charge in [0.1, 0.15) is 5.70 Å². The molecule has 0 saturated carbocycles. The van der Waals surface area contributed by atoms with Gasteiger partial charge in [-0.2, -0.15) is 0 Å². The summed E-state index contributed by atoms with van der Waals surface area (Å²) < 4.78 is 1.40. The number of hydrogen-bond acceptors (Lipinski definition) is 9. The maximum Gasteiger partial charge on any atom is 0.353 e. The van der Waals surface area contributed by atoms with Gasteiger partial charge in [0.25, 0.3) is 0 Å². The van der Waals surface area contributed by atoms with E-state index in [0.29, 0.717) is 23.7 Å². The number of nitrogens with one attached hydrogen (secondary N) is 2. The molecule has 3 aliphatic rings. The normalized spacial score (nSPS) is 28.5. The minimum atomic E-state index is -1.15. The highest BCUT2D eigenvalue weighted by atomic mass is 32.2. The number of amides is 3. The molecule has 0 spiro atoms. The van der Waals surface area contributed by atoms with Crippen molar-refractivity contribution in [3.8, 4) is 0 Å². The van der Waals surface area contributed by atoms with Crippen LogP contribution in [-0.4, -0.2) is 103 Å². The lowest BCUT2D eigenvalue weighted by Crippen LogP contribution is -2.66. The summed E-state index contributed by atoms with van der Waals surface area (Å²) in [6.45, 7) is 4.24. The smallest absolute Gasteiger partial charge is 0.353 e. The summed E-state index contributed by atoms with van der Waals surface area (Å²) in [7, 11) is 5.04. The van der Waals surface area contributed by atoms with Gasteiger partial charge in [-0.15, -0.1) is 16.9 Å². The molecular weight excluding hydrogens is 476 g/mol. The summed E-state index contributed by atoms with van der Waals surface area (Å²) in [4.78, 5) is 53.6. The SMILES string of the molecule is CC(NC(=O)Cc1nnnn1C)[C@H]1C(=O)N2C(C(=O)O)=C(S[C@@H]3CN[C@H](C(=O)N(C)C)C3)[C@H](C)[C@H]12. The Morgan fingerprint density at radius 3 is 2.66 bits per heavy atom. The molecule has 13 nitrogen and oxygen atoms in total. The summed E-state index contributed by atoms with van der Waals surface area (Å²) in [5, 5.41) is 27.0. The van der Waals surface area contributed by atoms with E-state index in [1.807, 2.05) is 6.92 Å². The van der Waals surface area contributed by atoms with E-state index in [2.05, 4.69) is 26.2 Å². The third kappa shape index (κ3) is 4.51. The van der Waals surface area contributed by atoms with Crippen molar-refractivity contribution < 1.29 is 24.3 Å². The standard InChI is InChI=1S/C21H30N8O5S/c1-9-16-15(10(2)23-14(30)7-13-24-25-26-28(13)5)20(32)29(16)17(21(33)34)18(9)35-11-6-12(22-8-11)19(31)27(3)4/h9-12,15-16,22H,6-8H2,1-5H3,(H,23,30)(H,33,34)/t9-,10?,11+,12+,15-,16-/m1/s1. The number of hydrogen-bond donors (Lipinski definition) is 3. The molecule has 0 bridgehead atoms. The molecule has 1 aromatic heterocycles. The average molecular weight is 507 g/mol. The number of aryl methyl sites for hydroxylation is 1. The topological polar surface area (TPSA) is 163 Å². The first-order valence-electron chi connectivity index (χ1n) is 11.4. The monoisotopic (exact) mass is 506 g/mol. The molecule has 14 heteroatoms. The van der Waals surface area contributed by atoms with Crippen LogP contribution in [0.25, 0.3) is 0 Å². The molecule has 0 aromatic carbocycles. The second-order valence-electron chi connectivity index (χ2n) is 9.45. The van der Waals surface area contributed by atoms with Crippen molar-refractivity contribution in [3.05, 3.63) is 16.4 Å². The highest BCUT2D eigenvalue weighted by Crippen LogP contribution is 2.51. The molecule has 4 rings (SSSR count). The Labute approximate surface area is 206 Å². The van der Waals surface area contributed by atoms with E-state index in [4.69, 9.17) is 0 Å². The van der Waals surface area contributed by atoms with Crippen LogP contribution in [-0.2, 0) is 32.6 Å². The number of β-lactam (4-membered cyclic amide) rings is 1. The summed E-state index contributed by atoms with van der Waals surface area (Å²) in [5.74, 6) is -2.14. The van der Waals surface area contributed by atoms with Crippen LogP contribution in [0.1, 0.15) is 26.1 Å². The van der Waals surface area contributed by atoms with Crippen molar-refractivity contribution in [2.75, 3.05) is 20.6 Å². The minimum Gasteiger partial charge on any atom is -0.477 e. The molecule has 190 valence electrons. The van der Waals surface area contributed by atoms with E-state index in [1.54, 1.807) is 28.1 Å². The molecule has 3 N–H and O–H groups in total. The average Bonchev–Trinajstić information content (AvgIpc) is 3.46. The maximum absolute atomic E-state index is 13.1. The van der Waals surface area contributed by atoms with Crippen LogP contribution >= 0.6 is 11.8 Å².